The Bertz CT molecular complexity index is 618. The van der Waals surface area contributed by atoms with Crippen molar-refractivity contribution < 1.29 is 14.9 Å². The first-order valence-electron chi connectivity index (χ1n) is 4.51. The smallest absolute Gasteiger partial charge is 0.274 e. The lowest BCUT2D eigenvalue weighted by Crippen LogP contribution is -2.20. The second-order valence-electron chi connectivity index (χ2n) is 3.32. The van der Waals surface area contributed by atoms with Crippen molar-refractivity contribution in [3.63, 3.8) is 0 Å². The van der Waals surface area contributed by atoms with Crippen molar-refractivity contribution in [3.05, 3.63) is 22.5 Å². The number of ether oxygens (including phenoxy) is 1. The van der Waals surface area contributed by atoms with Gasteiger partial charge in [0.05, 0.1) is 17.9 Å². The first kappa shape index (κ1) is 10.3. The summed E-state index contributed by atoms with van der Waals surface area (Å²) in [6.07, 6.45) is 0. The Balaban J connectivity index is 2.99. The maximum Gasteiger partial charge on any atom is 0.274 e. The first-order valence-corrected chi connectivity index (χ1v) is 4.51. The third kappa shape index (κ3) is 1.35. The molecular weight excluding hydrogens is 212 g/mol. The van der Waals surface area contributed by atoms with Gasteiger partial charge in [-0.1, -0.05) is 0 Å². The van der Waals surface area contributed by atoms with Gasteiger partial charge in [-0.3, -0.25) is 4.79 Å². The average molecular weight is 222 g/mol. The SMILES string of the molecule is COc1nn(C)c(=O)c2cc(O)c(O)cc12. The molecule has 0 radical (unpaired) electrons. The third-order valence-electron chi connectivity index (χ3n) is 2.30. The molecule has 6 heteroatoms. The molecule has 84 valence electrons. The van der Waals surface area contributed by atoms with Crippen molar-refractivity contribution in [2.24, 2.45) is 7.05 Å². The van der Waals surface area contributed by atoms with Crippen molar-refractivity contribution in [1.29, 1.82) is 0 Å². The van der Waals surface area contributed by atoms with E-state index in [2.05, 4.69) is 5.10 Å². The zero-order valence-corrected chi connectivity index (χ0v) is 8.76. The molecule has 2 N–H and O–H groups in total. The minimum Gasteiger partial charge on any atom is -0.504 e. The highest BCUT2D eigenvalue weighted by Crippen LogP contribution is 2.31. The molecule has 0 spiro atoms. The standard InChI is InChI=1S/C10H10N2O4/c1-12-10(15)6-4-8(14)7(13)3-5(6)9(11-12)16-2/h3-4,13-14H,1-2H3. The van der Waals surface area contributed by atoms with Crippen LogP contribution in [0, 0.1) is 0 Å². The molecule has 0 bridgehead atoms. The monoisotopic (exact) mass is 222 g/mol. The van der Waals surface area contributed by atoms with Crippen LogP contribution in [0.3, 0.4) is 0 Å². The number of hydrogen-bond donors (Lipinski definition) is 2. The number of aromatic nitrogens is 2. The van der Waals surface area contributed by atoms with E-state index >= 15 is 0 Å². The number of methoxy groups -OCH3 is 1. The summed E-state index contributed by atoms with van der Waals surface area (Å²) < 4.78 is 6.10. The van der Waals surface area contributed by atoms with Crippen LogP contribution in [-0.2, 0) is 7.05 Å². The Labute approximate surface area is 90.3 Å². The summed E-state index contributed by atoms with van der Waals surface area (Å²) in [7, 11) is 2.89. The summed E-state index contributed by atoms with van der Waals surface area (Å²) in [4.78, 5) is 11.7. The molecule has 1 aromatic carbocycles. The van der Waals surface area contributed by atoms with E-state index in [9.17, 15) is 15.0 Å². The lowest BCUT2D eigenvalue weighted by Gasteiger charge is -2.07. The molecule has 0 fully saturated rings. The van der Waals surface area contributed by atoms with Gasteiger partial charge < -0.3 is 14.9 Å². The van der Waals surface area contributed by atoms with Crippen molar-refractivity contribution in [2.45, 2.75) is 0 Å². The number of phenolic OH excluding ortho intramolecular Hbond substituents is 2. The molecule has 0 atom stereocenters. The van der Waals surface area contributed by atoms with Gasteiger partial charge in [0.25, 0.3) is 5.56 Å². The largest absolute Gasteiger partial charge is 0.504 e. The van der Waals surface area contributed by atoms with Gasteiger partial charge in [-0.2, -0.15) is 0 Å². The number of fused-ring (bicyclic) bond motifs is 1. The summed E-state index contributed by atoms with van der Waals surface area (Å²) in [5.41, 5.74) is -0.369. The number of rotatable bonds is 1. The van der Waals surface area contributed by atoms with E-state index in [1.165, 1.54) is 26.3 Å². The van der Waals surface area contributed by atoms with Gasteiger partial charge in [0.15, 0.2) is 11.5 Å². The van der Waals surface area contributed by atoms with Gasteiger partial charge in [0, 0.05) is 7.05 Å². The van der Waals surface area contributed by atoms with Gasteiger partial charge in [-0.25, -0.2) is 4.68 Å². The highest BCUT2D eigenvalue weighted by molar-refractivity contribution is 5.88. The molecular formula is C10H10N2O4. The van der Waals surface area contributed by atoms with Crippen LogP contribution in [0.2, 0.25) is 0 Å². The fraction of sp³-hybridized carbons (Fsp3) is 0.200. The van der Waals surface area contributed by atoms with Gasteiger partial charge in [-0.05, 0) is 12.1 Å². The van der Waals surface area contributed by atoms with E-state index in [0.717, 1.165) is 4.68 Å². The van der Waals surface area contributed by atoms with Gasteiger partial charge in [-0.15, -0.1) is 5.10 Å². The quantitative estimate of drug-likeness (QED) is 0.680. The Morgan fingerprint density at radius 1 is 1.25 bits per heavy atom. The van der Waals surface area contributed by atoms with Gasteiger partial charge in [0.1, 0.15) is 0 Å². The second kappa shape index (κ2) is 3.41. The molecule has 0 unspecified atom stereocenters. The zero-order chi connectivity index (χ0) is 11.9. The fourth-order valence-corrected chi connectivity index (χ4v) is 1.49. The van der Waals surface area contributed by atoms with Crippen molar-refractivity contribution in [3.8, 4) is 17.4 Å². The molecule has 1 heterocycles. The maximum atomic E-state index is 11.7. The third-order valence-corrected chi connectivity index (χ3v) is 2.30. The molecule has 0 aliphatic carbocycles. The van der Waals surface area contributed by atoms with E-state index in [0.29, 0.717) is 5.39 Å². The van der Waals surface area contributed by atoms with Crippen LogP contribution < -0.4 is 10.3 Å². The summed E-state index contributed by atoms with van der Waals surface area (Å²) in [6, 6.07) is 2.44. The summed E-state index contributed by atoms with van der Waals surface area (Å²) >= 11 is 0. The normalized spacial score (nSPS) is 10.6. The Morgan fingerprint density at radius 3 is 2.38 bits per heavy atom. The Kier molecular flexibility index (Phi) is 2.19. The Morgan fingerprint density at radius 2 is 1.81 bits per heavy atom. The van der Waals surface area contributed by atoms with E-state index < -0.39 is 0 Å². The first-order chi connectivity index (χ1) is 7.54. The number of nitrogens with zero attached hydrogens (tertiary/aromatic N) is 2. The van der Waals surface area contributed by atoms with Gasteiger partial charge in [0.2, 0.25) is 5.88 Å². The molecule has 2 aromatic rings. The van der Waals surface area contributed by atoms with Crippen LogP contribution in [0.15, 0.2) is 16.9 Å². The fourth-order valence-electron chi connectivity index (χ4n) is 1.49. The molecule has 2 rings (SSSR count). The molecule has 0 saturated heterocycles. The van der Waals surface area contributed by atoms with Crippen LogP contribution in [-0.4, -0.2) is 27.1 Å². The number of phenols is 2. The summed E-state index contributed by atoms with van der Waals surface area (Å²) in [5.74, 6) is -0.453. The van der Waals surface area contributed by atoms with E-state index in [-0.39, 0.29) is 28.3 Å². The summed E-state index contributed by atoms with van der Waals surface area (Å²) in [5, 5.41) is 23.2. The summed E-state index contributed by atoms with van der Waals surface area (Å²) in [6.45, 7) is 0. The number of aryl methyl sites for hydroxylation is 1. The molecule has 0 aliphatic rings. The number of aromatic hydroxyl groups is 2. The lowest BCUT2D eigenvalue weighted by atomic mass is 10.1. The van der Waals surface area contributed by atoms with Gasteiger partial charge >= 0.3 is 0 Å². The zero-order valence-electron chi connectivity index (χ0n) is 8.76. The maximum absolute atomic E-state index is 11.7. The minimum atomic E-state index is -0.369. The highest BCUT2D eigenvalue weighted by atomic mass is 16.5. The van der Waals surface area contributed by atoms with Crippen LogP contribution >= 0.6 is 0 Å². The van der Waals surface area contributed by atoms with Crippen molar-refractivity contribution in [2.75, 3.05) is 7.11 Å². The molecule has 16 heavy (non-hydrogen) atoms. The predicted octanol–water partition coefficient (Wildman–Crippen LogP) is 0.353. The second-order valence-corrected chi connectivity index (χ2v) is 3.32. The average Bonchev–Trinajstić information content (AvgIpc) is 2.26. The number of benzene rings is 1. The highest BCUT2D eigenvalue weighted by Gasteiger charge is 2.12. The van der Waals surface area contributed by atoms with Crippen LogP contribution in [0.5, 0.6) is 17.4 Å². The minimum absolute atomic E-state index is 0.215. The Hall–Kier alpha value is -2.24. The predicted molar refractivity (Wildman–Crippen MR) is 56.9 cm³/mol. The molecule has 1 aromatic heterocycles. The molecule has 6 nitrogen and oxygen atoms in total. The van der Waals surface area contributed by atoms with Crippen LogP contribution in [0.25, 0.3) is 10.8 Å². The topological polar surface area (TPSA) is 84.6 Å². The molecule has 0 saturated carbocycles. The number of hydrogen-bond acceptors (Lipinski definition) is 5. The molecule has 0 aliphatic heterocycles. The van der Waals surface area contributed by atoms with E-state index in [4.69, 9.17) is 4.74 Å². The van der Waals surface area contributed by atoms with E-state index in [1.807, 2.05) is 0 Å². The van der Waals surface area contributed by atoms with Crippen molar-refractivity contribution >= 4 is 10.8 Å². The lowest BCUT2D eigenvalue weighted by molar-refractivity contribution is 0.386. The van der Waals surface area contributed by atoms with E-state index in [1.54, 1.807) is 0 Å². The van der Waals surface area contributed by atoms with Crippen molar-refractivity contribution in [1.82, 2.24) is 9.78 Å². The molecule has 0 amide bonds. The van der Waals surface area contributed by atoms with Crippen LogP contribution in [0.1, 0.15) is 0 Å². The van der Waals surface area contributed by atoms with Crippen LogP contribution in [0.4, 0.5) is 0 Å².